The first kappa shape index (κ1) is 29.3. The highest BCUT2D eigenvalue weighted by Gasteiger charge is 2.31. The standard InChI is InChI=1S/C34H31FN4O4/c1-18-21(10-8-12-27(18)38(5)33(42)39(6)31-20(17-40)9-7-11-26(31)35)22-13-14-24(32(36)41)30-28(22)23-15-16-25(34(3,4)43)19(2)29(23)37-30/h7-17,43H,5H2,1-4,6H3,(H2-,36,37,41)/p+1. The molecule has 9 heteroatoms. The second kappa shape index (κ2) is 10.6. The molecule has 0 aliphatic rings. The largest absolute Gasteiger partial charge is 0.502 e. The molecule has 0 bridgehead atoms. The second-order valence-electron chi connectivity index (χ2n) is 11.1. The van der Waals surface area contributed by atoms with E-state index in [1.165, 1.54) is 25.2 Å². The molecule has 0 aliphatic carbocycles. The Balaban J connectivity index is 1.69. The van der Waals surface area contributed by atoms with E-state index in [2.05, 4.69) is 11.7 Å². The third-order valence-electron chi connectivity index (χ3n) is 8.00. The molecule has 0 aliphatic heterocycles. The molecule has 0 atom stereocenters. The minimum absolute atomic E-state index is 0.0361. The number of amides is 3. The lowest BCUT2D eigenvalue weighted by Crippen LogP contribution is -2.33. The van der Waals surface area contributed by atoms with Gasteiger partial charge in [0, 0.05) is 21.9 Å². The average Bonchev–Trinajstić information content (AvgIpc) is 3.36. The maximum Gasteiger partial charge on any atom is 0.502 e. The zero-order valence-corrected chi connectivity index (χ0v) is 24.6. The average molecular weight is 580 g/mol. The Kier molecular flexibility index (Phi) is 7.23. The van der Waals surface area contributed by atoms with Crippen molar-refractivity contribution in [1.29, 1.82) is 0 Å². The Bertz CT molecular complexity index is 2000. The second-order valence-corrected chi connectivity index (χ2v) is 11.1. The molecule has 0 unspecified atom stereocenters. The van der Waals surface area contributed by atoms with Gasteiger partial charge in [0.1, 0.15) is 5.69 Å². The van der Waals surface area contributed by atoms with Crippen molar-refractivity contribution in [3.05, 3.63) is 94.3 Å². The minimum atomic E-state index is -1.08. The van der Waals surface area contributed by atoms with Crippen LogP contribution in [-0.4, -0.2) is 46.7 Å². The zero-order valence-electron chi connectivity index (χ0n) is 24.6. The number of hydrogen-bond acceptors (Lipinski definition) is 4. The van der Waals surface area contributed by atoms with Gasteiger partial charge in [0.15, 0.2) is 17.8 Å². The zero-order chi connectivity index (χ0) is 31.4. The number of H-pyrrole nitrogens is 1. The first-order chi connectivity index (χ1) is 20.3. The Morgan fingerprint density at radius 3 is 2.35 bits per heavy atom. The van der Waals surface area contributed by atoms with E-state index in [0.717, 1.165) is 48.0 Å². The molecule has 1 aromatic heterocycles. The first-order valence-electron chi connectivity index (χ1n) is 13.6. The maximum absolute atomic E-state index is 14.7. The predicted octanol–water partition coefficient (Wildman–Crippen LogP) is 6.48. The van der Waals surface area contributed by atoms with Crippen molar-refractivity contribution in [3.63, 3.8) is 0 Å². The number of aromatic nitrogens is 1. The van der Waals surface area contributed by atoms with Gasteiger partial charge in [-0.3, -0.25) is 9.59 Å². The summed E-state index contributed by atoms with van der Waals surface area (Å²) in [7, 11) is 1.38. The number of nitrogens with two attached hydrogens (primary N) is 1. The number of rotatable bonds is 6. The number of urea groups is 1. The van der Waals surface area contributed by atoms with Crippen LogP contribution in [0.25, 0.3) is 32.9 Å². The summed E-state index contributed by atoms with van der Waals surface area (Å²) in [6.45, 7) is 11.1. The van der Waals surface area contributed by atoms with Crippen LogP contribution in [0.2, 0.25) is 0 Å². The van der Waals surface area contributed by atoms with E-state index in [0.29, 0.717) is 28.6 Å². The summed E-state index contributed by atoms with van der Waals surface area (Å²) < 4.78 is 15.8. The number of hydrogen-bond donors (Lipinski definition) is 3. The SMILES string of the molecule is C=[N+](C(=O)N(C)c1c(F)cccc1C=O)c1cccc(-c2ccc(C(N)=O)c3[nH]c4c(C)c(C(C)(C)O)ccc4c23)c1C. The van der Waals surface area contributed by atoms with E-state index < -0.39 is 23.4 Å². The van der Waals surface area contributed by atoms with Gasteiger partial charge >= 0.3 is 6.03 Å². The van der Waals surface area contributed by atoms with Crippen LogP contribution in [-0.2, 0) is 5.60 Å². The smallest absolute Gasteiger partial charge is 0.386 e. The quantitative estimate of drug-likeness (QED) is 0.121. The third-order valence-corrected chi connectivity index (χ3v) is 8.00. The van der Waals surface area contributed by atoms with Gasteiger partial charge in [-0.1, -0.05) is 36.4 Å². The number of aryl methyl sites for hydroxylation is 1. The fourth-order valence-corrected chi connectivity index (χ4v) is 5.88. The summed E-state index contributed by atoms with van der Waals surface area (Å²) in [5.74, 6) is -1.30. The molecule has 43 heavy (non-hydrogen) atoms. The van der Waals surface area contributed by atoms with E-state index in [1.54, 1.807) is 32.0 Å². The maximum atomic E-state index is 14.7. The van der Waals surface area contributed by atoms with Crippen LogP contribution in [0.5, 0.6) is 0 Å². The van der Waals surface area contributed by atoms with Crippen molar-refractivity contribution in [1.82, 2.24) is 4.98 Å². The van der Waals surface area contributed by atoms with Gasteiger partial charge in [0.05, 0.1) is 36.0 Å². The normalized spacial score (nSPS) is 11.6. The fourth-order valence-electron chi connectivity index (χ4n) is 5.88. The fraction of sp³-hybridized carbons (Fsp3) is 0.176. The van der Waals surface area contributed by atoms with Crippen LogP contribution < -0.4 is 10.6 Å². The molecule has 0 saturated heterocycles. The molecule has 0 spiro atoms. The number of fused-ring (bicyclic) bond motifs is 3. The molecule has 5 aromatic rings. The highest BCUT2D eigenvalue weighted by molar-refractivity contribution is 6.20. The summed E-state index contributed by atoms with van der Waals surface area (Å²) in [6, 6.07) is 16.0. The number of primary amides is 1. The van der Waals surface area contributed by atoms with Crippen LogP contribution >= 0.6 is 0 Å². The van der Waals surface area contributed by atoms with E-state index in [-0.39, 0.29) is 11.3 Å². The molecule has 1 heterocycles. The predicted molar refractivity (Wildman–Crippen MR) is 167 cm³/mol. The molecule has 3 amide bonds. The number of carbonyl (C=O) groups excluding carboxylic acids is 3. The van der Waals surface area contributed by atoms with Crippen molar-refractivity contribution >= 4 is 58.1 Å². The number of aromatic amines is 1. The van der Waals surface area contributed by atoms with Crippen molar-refractivity contribution in [2.75, 3.05) is 11.9 Å². The lowest BCUT2D eigenvalue weighted by Gasteiger charge is -2.20. The van der Waals surface area contributed by atoms with E-state index in [9.17, 15) is 23.9 Å². The molecular formula is C34H32FN4O4+. The lowest BCUT2D eigenvalue weighted by atomic mass is 9.90. The van der Waals surface area contributed by atoms with Gasteiger partial charge < -0.3 is 15.8 Å². The summed E-state index contributed by atoms with van der Waals surface area (Å²) >= 11 is 0. The molecule has 218 valence electrons. The highest BCUT2D eigenvalue weighted by Crippen LogP contribution is 2.41. The van der Waals surface area contributed by atoms with Gasteiger partial charge in [-0.25, -0.2) is 4.39 Å². The molecule has 4 aromatic carbocycles. The van der Waals surface area contributed by atoms with Crippen molar-refractivity contribution in [3.8, 4) is 11.1 Å². The molecule has 4 N–H and O–H groups in total. The van der Waals surface area contributed by atoms with E-state index in [4.69, 9.17) is 5.73 Å². The van der Waals surface area contributed by atoms with Crippen molar-refractivity contribution < 1.29 is 28.5 Å². The topological polar surface area (TPSA) is 119 Å². The Morgan fingerprint density at radius 2 is 1.70 bits per heavy atom. The van der Waals surface area contributed by atoms with E-state index >= 15 is 0 Å². The van der Waals surface area contributed by atoms with Crippen LogP contribution in [0.15, 0.2) is 60.7 Å². The van der Waals surface area contributed by atoms with Gasteiger partial charge in [-0.2, -0.15) is 14.3 Å². The van der Waals surface area contributed by atoms with Crippen molar-refractivity contribution in [2.24, 2.45) is 5.73 Å². The first-order valence-corrected chi connectivity index (χ1v) is 13.6. The molecule has 8 nitrogen and oxygen atoms in total. The highest BCUT2D eigenvalue weighted by atomic mass is 19.1. The van der Waals surface area contributed by atoms with Gasteiger partial charge in [0.25, 0.3) is 5.91 Å². The van der Waals surface area contributed by atoms with Gasteiger partial charge in [-0.05, 0) is 74.2 Å². The minimum Gasteiger partial charge on any atom is -0.386 e. The number of carbonyl (C=O) groups is 3. The Morgan fingerprint density at radius 1 is 1.00 bits per heavy atom. The monoisotopic (exact) mass is 579 g/mol. The Labute approximate surface area is 247 Å². The molecular weight excluding hydrogens is 547 g/mol. The molecule has 0 fully saturated rings. The number of aliphatic hydroxyl groups is 1. The summed E-state index contributed by atoms with van der Waals surface area (Å²) in [5, 5.41) is 12.3. The number of benzene rings is 4. The number of halogens is 1. The van der Waals surface area contributed by atoms with Crippen LogP contribution in [0.1, 0.15) is 51.3 Å². The van der Waals surface area contributed by atoms with Gasteiger partial charge in [0.2, 0.25) is 0 Å². The van der Waals surface area contributed by atoms with Crippen molar-refractivity contribution in [2.45, 2.75) is 33.3 Å². The summed E-state index contributed by atoms with van der Waals surface area (Å²) in [6.07, 6.45) is 0.496. The number of nitrogens with zero attached hydrogens (tertiary/aromatic N) is 2. The third kappa shape index (κ3) is 4.77. The number of aldehydes is 1. The van der Waals surface area contributed by atoms with Crippen LogP contribution in [0, 0.1) is 19.7 Å². The van der Waals surface area contributed by atoms with Crippen LogP contribution in [0.4, 0.5) is 20.6 Å². The number of para-hydroxylation sites is 1. The lowest BCUT2D eigenvalue weighted by molar-refractivity contribution is -0.320. The van der Waals surface area contributed by atoms with Crippen LogP contribution in [0.3, 0.4) is 0 Å². The number of anilines is 1. The van der Waals surface area contributed by atoms with E-state index in [1.807, 2.05) is 38.1 Å². The summed E-state index contributed by atoms with van der Waals surface area (Å²) in [4.78, 5) is 42.0. The molecule has 0 saturated carbocycles. The summed E-state index contributed by atoms with van der Waals surface area (Å²) in [5.41, 5.74) is 10.5. The number of nitrogens with one attached hydrogen (secondary N) is 1. The Hall–Kier alpha value is -5.15. The van der Waals surface area contributed by atoms with Gasteiger partial charge in [-0.15, -0.1) is 0 Å². The molecule has 0 radical (unpaired) electrons. The molecule has 5 rings (SSSR count).